The van der Waals surface area contributed by atoms with E-state index < -0.39 is 11.6 Å². The highest BCUT2D eigenvalue weighted by Crippen LogP contribution is 2.29. The molecule has 0 unspecified atom stereocenters. The van der Waals surface area contributed by atoms with Gasteiger partial charge in [-0.2, -0.15) is 0 Å². The maximum Gasteiger partial charge on any atom is 0.236 e. The topological polar surface area (TPSA) is 52.6 Å². The SMILES string of the molecule is C=C/C=C/C(=C\C)OC.C=C1C(=O)C(=O)C(C)=C1OC.C=CC1=C(C)C(=CC)CCC1. The van der Waals surface area contributed by atoms with Crippen molar-refractivity contribution in [2.45, 2.75) is 47.0 Å². The van der Waals surface area contributed by atoms with Crippen LogP contribution in [0.2, 0.25) is 0 Å². The minimum atomic E-state index is -0.556. The Kier molecular flexibility index (Phi) is 13.3. The summed E-state index contributed by atoms with van der Waals surface area (Å²) in [6.45, 7) is 18.6. The van der Waals surface area contributed by atoms with E-state index in [1.807, 2.05) is 31.2 Å². The van der Waals surface area contributed by atoms with Gasteiger partial charge in [-0.05, 0) is 75.8 Å². The highest BCUT2D eigenvalue weighted by Gasteiger charge is 2.32. The lowest BCUT2D eigenvalue weighted by atomic mass is 9.88. The second kappa shape index (κ2) is 14.8. The highest BCUT2D eigenvalue weighted by atomic mass is 16.5. The maximum absolute atomic E-state index is 10.9. The molecule has 0 amide bonds. The van der Waals surface area contributed by atoms with Crippen molar-refractivity contribution in [2.75, 3.05) is 14.2 Å². The van der Waals surface area contributed by atoms with Crippen LogP contribution in [0, 0.1) is 0 Å². The van der Waals surface area contributed by atoms with Crippen molar-refractivity contribution in [2.24, 2.45) is 0 Å². The molecule has 0 bridgehead atoms. The molecule has 31 heavy (non-hydrogen) atoms. The molecule has 0 aromatic rings. The van der Waals surface area contributed by atoms with Crippen LogP contribution >= 0.6 is 0 Å². The number of ketones is 2. The Labute approximate surface area is 187 Å². The van der Waals surface area contributed by atoms with Gasteiger partial charge in [-0.3, -0.25) is 9.59 Å². The van der Waals surface area contributed by atoms with E-state index in [1.54, 1.807) is 20.1 Å². The molecule has 168 valence electrons. The molecule has 4 heteroatoms. The zero-order chi connectivity index (χ0) is 24.0. The fourth-order valence-corrected chi connectivity index (χ4v) is 3.13. The maximum atomic E-state index is 10.9. The standard InChI is InChI=1S/C11H16.C8H8O3.C8H12O/c1-4-10-7-6-8-11(5-2)9(10)3;1-4-6(9)7(10)5(2)8(4)11-3;1-4-6-7-8(5-2)9-3/h4-5H,1,6-8H2,2-3H3;1H2,2-3H3;4-7H,1H2,2-3H3/b;;7-6+,8-5+. The summed E-state index contributed by atoms with van der Waals surface area (Å²) in [7, 11) is 3.05. The number of hydrogen-bond acceptors (Lipinski definition) is 4. The second-order valence-electron chi connectivity index (χ2n) is 6.81. The smallest absolute Gasteiger partial charge is 0.236 e. The molecule has 0 saturated heterocycles. The van der Waals surface area contributed by atoms with Crippen molar-refractivity contribution in [1.29, 1.82) is 0 Å². The van der Waals surface area contributed by atoms with Gasteiger partial charge in [0, 0.05) is 5.57 Å². The van der Waals surface area contributed by atoms with E-state index in [1.165, 1.54) is 43.1 Å². The fraction of sp³-hybridized carbons (Fsp3) is 0.333. The number of rotatable bonds is 5. The van der Waals surface area contributed by atoms with Crippen molar-refractivity contribution < 1.29 is 19.1 Å². The van der Waals surface area contributed by atoms with Crippen LogP contribution in [0.3, 0.4) is 0 Å². The first-order valence-corrected chi connectivity index (χ1v) is 10.2. The second-order valence-corrected chi connectivity index (χ2v) is 6.81. The van der Waals surface area contributed by atoms with Crippen molar-refractivity contribution >= 4 is 11.6 Å². The van der Waals surface area contributed by atoms with E-state index >= 15 is 0 Å². The lowest BCUT2D eigenvalue weighted by Gasteiger charge is -2.17. The van der Waals surface area contributed by atoms with Crippen molar-refractivity contribution in [3.05, 3.63) is 95.6 Å². The molecule has 0 fully saturated rings. The first-order valence-electron chi connectivity index (χ1n) is 10.2. The third-order valence-electron chi connectivity index (χ3n) is 5.01. The minimum Gasteiger partial charge on any atom is -0.497 e. The number of Topliss-reactive ketones (excluding diaryl/α,β-unsaturated/α-hetero) is 2. The van der Waals surface area contributed by atoms with Gasteiger partial charge in [-0.15, -0.1) is 0 Å². The third kappa shape index (κ3) is 8.25. The number of methoxy groups -OCH3 is 2. The number of hydrogen-bond donors (Lipinski definition) is 0. The molecule has 4 nitrogen and oxygen atoms in total. The van der Waals surface area contributed by atoms with Crippen molar-refractivity contribution in [3.8, 4) is 0 Å². The molecular formula is C27H36O4. The average Bonchev–Trinajstić information content (AvgIpc) is 2.97. The summed E-state index contributed by atoms with van der Waals surface area (Å²) in [6.07, 6.45) is 15.3. The van der Waals surface area contributed by atoms with Crippen LogP contribution < -0.4 is 0 Å². The minimum absolute atomic E-state index is 0.162. The number of carbonyl (C=O) groups excluding carboxylic acids is 2. The van der Waals surface area contributed by atoms with E-state index in [2.05, 4.69) is 39.7 Å². The summed E-state index contributed by atoms with van der Waals surface area (Å²) in [5.41, 5.74) is 4.90. The van der Waals surface area contributed by atoms with Crippen LogP contribution in [0.5, 0.6) is 0 Å². The Bertz CT molecular complexity index is 858. The van der Waals surface area contributed by atoms with Crippen molar-refractivity contribution in [1.82, 2.24) is 0 Å². The summed E-state index contributed by atoms with van der Waals surface area (Å²) in [5.74, 6) is 0.112. The van der Waals surface area contributed by atoms with Gasteiger partial charge in [0.2, 0.25) is 11.6 Å². The Hall–Kier alpha value is -3.14. The van der Waals surface area contributed by atoms with Crippen LogP contribution in [-0.4, -0.2) is 25.8 Å². The summed E-state index contributed by atoms with van der Waals surface area (Å²) in [6, 6.07) is 0. The van der Waals surface area contributed by atoms with Crippen LogP contribution in [-0.2, 0) is 19.1 Å². The molecule has 0 aromatic heterocycles. The number of ether oxygens (including phenoxy) is 2. The molecular weight excluding hydrogens is 388 g/mol. The molecule has 0 spiro atoms. The van der Waals surface area contributed by atoms with Gasteiger partial charge in [0.25, 0.3) is 0 Å². The van der Waals surface area contributed by atoms with Crippen molar-refractivity contribution in [3.63, 3.8) is 0 Å². The van der Waals surface area contributed by atoms with E-state index in [0.29, 0.717) is 11.3 Å². The van der Waals surface area contributed by atoms with Crippen LogP contribution in [0.15, 0.2) is 95.6 Å². The summed E-state index contributed by atoms with van der Waals surface area (Å²) < 4.78 is 9.74. The van der Waals surface area contributed by atoms with E-state index in [4.69, 9.17) is 9.47 Å². The Morgan fingerprint density at radius 2 is 1.65 bits per heavy atom. The van der Waals surface area contributed by atoms with Gasteiger partial charge >= 0.3 is 0 Å². The lowest BCUT2D eigenvalue weighted by Crippen LogP contribution is -2.07. The summed E-state index contributed by atoms with van der Waals surface area (Å²) in [4.78, 5) is 21.9. The van der Waals surface area contributed by atoms with Gasteiger partial charge in [-0.1, -0.05) is 44.0 Å². The molecule has 0 aromatic carbocycles. The Balaban J connectivity index is 0.000000439. The van der Waals surface area contributed by atoms with E-state index in [0.717, 1.165) is 5.76 Å². The third-order valence-corrected chi connectivity index (χ3v) is 5.01. The molecule has 0 heterocycles. The molecule has 0 aliphatic heterocycles. The van der Waals surface area contributed by atoms with E-state index in [9.17, 15) is 9.59 Å². The van der Waals surface area contributed by atoms with Gasteiger partial charge in [-0.25, -0.2) is 0 Å². The summed E-state index contributed by atoms with van der Waals surface area (Å²) in [5, 5.41) is 0. The molecule has 2 rings (SSSR count). The lowest BCUT2D eigenvalue weighted by molar-refractivity contribution is -0.131. The Morgan fingerprint density at radius 1 is 1.00 bits per heavy atom. The molecule has 2 aliphatic rings. The molecule has 0 atom stereocenters. The predicted molar refractivity (Wildman–Crippen MR) is 129 cm³/mol. The zero-order valence-electron chi connectivity index (χ0n) is 19.8. The monoisotopic (exact) mass is 424 g/mol. The largest absolute Gasteiger partial charge is 0.497 e. The van der Waals surface area contributed by atoms with Gasteiger partial charge in [0.1, 0.15) is 11.5 Å². The molecule has 0 saturated carbocycles. The number of carbonyl (C=O) groups is 2. The van der Waals surface area contributed by atoms with Crippen LogP contribution in [0.1, 0.15) is 47.0 Å². The zero-order valence-corrected chi connectivity index (χ0v) is 19.8. The first kappa shape index (κ1) is 27.9. The fourth-order valence-electron chi connectivity index (χ4n) is 3.13. The van der Waals surface area contributed by atoms with Gasteiger partial charge in [0.05, 0.1) is 19.8 Å². The quantitative estimate of drug-likeness (QED) is 0.218. The Morgan fingerprint density at radius 3 is 2.00 bits per heavy atom. The predicted octanol–water partition coefficient (Wildman–Crippen LogP) is 6.51. The molecule has 0 N–H and O–H groups in total. The summed E-state index contributed by atoms with van der Waals surface area (Å²) >= 11 is 0. The van der Waals surface area contributed by atoms with Gasteiger partial charge in [0.15, 0.2) is 0 Å². The van der Waals surface area contributed by atoms with Crippen LogP contribution in [0.4, 0.5) is 0 Å². The number of allylic oxidation sites excluding steroid dienone is 11. The average molecular weight is 425 g/mol. The normalized spacial score (nSPS) is 17.9. The highest BCUT2D eigenvalue weighted by molar-refractivity contribution is 6.52. The van der Waals surface area contributed by atoms with E-state index in [-0.39, 0.29) is 5.57 Å². The first-order chi connectivity index (χ1) is 14.7. The molecule has 2 aliphatic carbocycles. The van der Waals surface area contributed by atoms with Gasteiger partial charge < -0.3 is 9.47 Å². The molecule has 0 radical (unpaired) electrons. The van der Waals surface area contributed by atoms with Crippen LogP contribution in [0.25, 0.3) is 0 Å².